The molecule has 0 bridgehead atoms. The first-order chi connectivity index (χ1) is 9.67. The predicted molar refractivity (Wildman–Crippen MR) is 81.1 cm³/mol. The van der Waals surface area contributed by atoms with Gasteiger partial charge in [-0.25, -0.2) is 4.98 Å². The van der Waals surface area contributed by atoms with Gasteiger partial charge < -0.3 is 10.4 Å². The van der Waals surface area contributed by atoms with E-state index in [-0.39, 0.29) is 12.5 Å². The SMILES string of the molecule is CC(=O)Nc1nc(CCc2ccc(CCO)cc2)cs1. The molecule has 1 aromatic carbocycles. The molecule has 0 atom stereocenters. The number of amides is 1. The van der Waals surface area contributed by atoms with E-state index >= 15 is 0 Å². The molecule has 0 fully saturated rings. The molecule has 0 aliphatic heterocycles. The van der Waals surface area contributed by atoms with Crippen LogP contribution in [0.2, 0.25) is 0 Å². The summed E-state index contributed by atoms with van der Waals surface area (Å²) < 4.78 is 0. The number of hydrogen-bond acceptors (Lipinski definition) is 4. The number of aromatic nitrogens is 1. The van der Waals surface area contributed by atoms with Crippen molar-refractivity contribution in [2.75, 3.05) is 11.9 Å². The third-order valence-electron chi connectivity index (χ3n) is 2.93. The maximum Gasteiger partial charge on any atom is 0.223 e. The van der Waals surface area contributed by atoms with Crippen molar-refractivity contribution in [1.29, 1.82) is 0 Å². The van der Waals surface area contributed by atoms with Gasteiger partial charge in [-0.05, 0) is 30.4 Å². The lowest BCUT2D eigenvalue weighted by Crippen LogP contribution is -2.05. The molecule has 0 saturated heterocycles. The molecule has 0 spiro atoms. The van der Waals surface area contributed by atoms with Gasteiger partial charge in [-0.2, -0.15) is 0 Å². The summed E-state index contributed by atoms with van der Waals surface area (Å²) in [6.45, 7) is 1.67. The van der Waals surface area contributed by atoms with Crippen molar-refractivity contribution < 1.29 is 9.90 Å². The molecule has 0 aliphatic rings. The Kier molecular flexibility index (Phi) is 5.26. The van der Waals surface area contributed by atoms with Crippen LogP contribution in [0.3, 0.4) is 0 Å². The second-order valence-electron chi connectivity index (χ2n) is 4.62. The Morgan fingerprint density at radius 2 is 1.85 bits per heavy atom. The molecule has 5 heteroatoms. The third kappa shape index (κ3) is 4.43. The molecular weight excluding hydrogens is 272 g/mol. The van der Waals surface area contributed by atoms with Crippen LogP contribution in [0.15, 0.2) is 29.6 Å². The average molecular weight is 290 g/mol. The zero-order valence-electron chi connectivity index (χ0n) is 11.4. The first kappa shape index (κ1) is 14.7. The minimum absolute atomic E-state index is 0.0922. The molecule has 106 valence electrons. The molecule has 0 radical (unpaired) electrons. The topological polar surface area (TPSA) is 62.2 Å². The van der Waals surface area contributed by atoms with Crippen molar-refractivity contribution in [2.45, 2.75) is 26.2 Å². The Hall–Kier alpha value is -1.72. The lowest BCUT2D eigenvalue weighted by atomic mass is 10.1. The number of rotatable bonds is 6. The Balaban J connectivity index is 1.88. The van der Waals surface area contributed by atoms with Crippen LogP contribution in [0.5, 0.6) is 0 Å². The fraction of sp³-hybridized carbons (Fsp3) is 0.333. The van der Waals surface area contributed by atoms with Crippen molar-refractivity contribution in [2.24, 2.45) is 0 Å². The van der Waals surface area contributed by atoms with Gasteiger partial charge in [-0.1, -0.05) is 24.3 Å². The van der Waals surface area contributed by atoms with Crippen LogP contribution in [0.1, 0.15) is 23.7 Å². The van der Waals surface area contributed by atoms with E-state index in [0.717, 1.165) is 24.1 Å². The molecule has 2 rings (SSSR count). The average Bonchev–Trinajstić information content (AvgIpc) is 2.85. The van der Waals surface area contributed by atoms with Crippen molar-refractivity contribution in [1.82, 2.24) is 4.98 Å². The lowest BCUT2D eigenvalue weighted by Gasteiger charge is -2.02. The molecule has 1 heterocycles. The molecule has 1 amide bonds. The number of benzene rings is 1. The summed E-state index contributed by atoms with van der Waals surface area (Å²) in [5.74, 6) is -0.0922. The standard InChI is InChI=1S/C15H18N2O2S/c1-11(19)16-15-17-14(10-20-15)7-6-12-2-4-13(5-3-12)8-9-18/h2-5,10,18H,6-9H2,1H3,(H,16,17,19). The molecular formula is C15H18N2O2S. The van der Waals surface area contributed by atoms with E-state index in [2.05, 4.69) is 34.6 Å². The monoisotopic (exact) mass is 290 g/mol. The van der Waals surface area contributed by atoms with E-state index in [1.165, 1.54) is 23.8 Å². The van der Waals surface area contributed by atoms with Crippen molar-refractivity contribution in [3.63, 3.8) is 0 Å². The van der Waals surface area contributed by atoms with Gasteiger partial charge in [0.25, 0.3) is 0 Å². The summed E-state index contributed by atoms with van der Waals surface area (Å²) in [7, 11) is 0. The number of carbonyl (C=O) groups is 1. The van der Waals surface area contributed by atoms with Crippen LogP contribution < -0.4 is 5.32 Å². The maximum absolute atomic E-state index is 10.9. The van der Waals surface area contributed by atoms with E-state index in [4.69, 9.17) is 5.11 Å². The molecule has 0 aliphatic carbocycles. The first-order valence-corrected chi connectivity index (χ1v) is 7.46. The summed E-state index contributed by atoms with van der Waals surface area (Å²) >= 11 is 1.45. The number of aryl methyl sites for hydroxylation is 2. The molecule has 4 nitrogen and oxygen atoms in total. The minimum Gasteiger partial charge on any atom is -0.396 e. The largest absolute Gasteiger partial charge is 0.396 e. The number of anilines is 1. The molecule has 2 aromatic rings. The zero-order valence-corrected chi connectivity index (χ0v) is 12.2. The molecule has 1 aromatic heterocycles. The van der Waals surface area contributed by atoms with Gasteiger partial charge in [0.05, 0.1) is 5.69 Å². The number of aliphatic hydroxyl groups is 1. The van der Waals surface area contributed by atoms with Gasteiger partial charge in [-0.15, -0.1) is 11.3 Å². The van der Waals surface area contributed by atoms with E-state index < -0.39 is 0 Å². The van der Waals surface area contributed by atoms with Gasteiger partial charge in [0.1, 0.15) is 0 Å². The smallest absolute Gasteiger partial charge is 0.223 e. The molecule has 0 saturated carbocycles. The number of nitrogens with zero attached hydrogens (tertiary/aromatic N) is 1. The fourth-order valence-electron chi connectivity index (χ4n) is 1.90. The van der Waals surface area contributed by atoms with Crippen molar-refractivity contribution in [3.05, 3.63) is 46.5 Å². The highest BCUT2D eigenvalue weighted by Gasteiger charge is 2.04. The van der Waals surface area contributed by atoms with E-state index in [1.54, 1.807) is 0 Å². The van der Waals surface area contributed by atoms with Gasteiger partial charge >= 0.3 is 0 Å². The summed E-state index contributed by atoms with van der Waals surface area (Å²) in [5, 5.41) is 14.2. The Morgan fingerprint density at radius 3 is 2.45 bits per heavy atom. The highest BCUT2D eigenvalue weighted by Crippen LogP contribution is 2.17. The number of hydrogen-bond donors (Lipinski definition) is 2. The second-order valence-corrected chi connectivity index (χ2v) is 5.47. The van der Waals surface area contributed by atoms with Crippen molar-refractivity contribution >= 4 is 22.4 Å². The number of aliphatic hydroxyl groups excluding tert-OH is 1. The molecule has 2 N–H and O–H groups in total. The minimum atomic E-state index is -0.0922. The maximum atomic E-state index is 10.9. The quantitative estimate of drug-likeness (QED) is 0.859. The van der Waals surface area contributed by atoms with Gasteiger partial charge in [0.2, 0.25) is 5.91 Å². The zero-order chi connectivity index (χ0) is 14.4. The lowest BCUT2D eigenvalue weighted by molar-refractivity contribution is -0.114. The van der Waals surface area contributed by atoms with E-state index in [9.17, 15) is 4.79 Å². The summed E-state index contributed by atoms with van der Waals surface area (Å²) in [4.78, 5) is 15.3. The second kappa shape index (κ2) is 7.17. The van der Waals surface area contributed by atoms with Crippen LogP contribution in [-0.2, 0) is 24.1 Å². The predicted octanol–water partition coefficient (Wildman–Crippen LogP) is 2.42. The Labute approximate surface area is 122 Å². The molecule has 20 heavy (non-hydrogen) atoms. The number of nitrogens with one attached hydrogen (secondary N) is 1. The van der Waals surface area contributed by atoms with Gasteiger partial charge in [0.15, 0.2) is 5.13 Å². The van der Waals surface area contributed by atoms with E-state index in [0.29, 0.717) is 11.6 Å². The van der Waals surface area contributed by atoms with Crippen LogP contribution >= 0.6 is 11.3 Å². The number of carbonyl (C=O) groups excluding carboxylic acids is 1. The normalized spacial score (nSPS) is 10.5. The van der Waals surface area contributed by atoms with Gasteiger partial charge in [-0.3, -0.25) is 4.79 Å². The van der Waals surface area contributed by atoms with Crippen LogP contribution in [-0.4, -0.2) is 22.6 Å². The summed E-state index contributed by atoms with van der Waals surface area (Å²) in [5.41, 5.74) is 3.40. The highest BCUT2D eigenvalue weighted by atomic mass is 32.1. The Bertz CT molecular complexity index is 564. The summed E-state index contributed by atoms with van der Waals surface area (Å²) in [6, 6.07) is 8.28. The van der Waals surface area contributed by atoms with Crippen LogP contribution in [0.4, 0.5) is 5.13 Å². The van der Waals surface area contributed by atoms with Crippen LogP contribution in [0, 0.1) is 0 Å². The highest BCUT2D eigenvalue weighted by molar-refractivity contribution is 7.13. The summed E-state index contributed by atoms with van der Waals surface area (Å²) in [6.07, 6.45) is 2.48. The Morgan fingerprint density at radius 1 is 1.20 bits per heavy atom. The first-order valence-electron chi connectivity index (χ1n) is 6.58. The van der Waals surface area contributed by atoms with Crippen molar-refractivity contribution in [3.8, 4) is 0 Å². The number of thiazole rings is 1. The van der Waals surface area contributed by atoms with E-state index in [1.807, 2.05) is 5.38 Å². The fourth-order valence-corrected chi connectivity index (χ4v) is 2.69. The third-order valence-corrected chi connectivity index (χ3v) is 3.73. The molecule has 0 unspecified atom stereocenters. The van der Waals surface area contributed by atoms with Gasteiger partial charge in [0, 0.05) is 18.9 Å². The van der Waals surface area contributed by atoms with Crippen LogP contribution in [0.25, 0.3) is 0 Å².